The molecule has 0 saturated heterocycles. The van der Waals surface area contributed by atoms with Crippen LogP contribution in [0.3, 0.4) is 0 Å². The lowest BCUT2D eigenvalue weighted by molar-refractivity contribution is 0.0755. The number of amides is 2. The van der Waals surface area contributed by atoms with Gasteiger partial charge in [-0.2, -0.15) is 0 Å². The van der Waals surface area contributed by atoms with Gasteiger partial charge in [0.1, 0.15) is 21.5 Å². The van der Waals surface area contributed by atoms with E-state index in [1.54, 1.807) is 83.8 Å². The van der Waals surface area contributed by atoms with Crippen LogP contribution in [0.1, 0.15) is 27.6 Å². The molecular weight excluding hydrogens is 448 g/mol. The first kappa shape index (κ1) is 25.0. The Bertz CT molecular complexity index is 901. The van der Waals surface area contributed by atoms with Crippen LogP contribution in [0.5, 0.6) is 11.5 Å². The molecule has 2 N–H and O–H groups in total. The highest BCUT2D eigenvalue weighted by Gasteiger charge is 2.21. The van der Waals surface area contributed by atoms with Crippen LogP contribution in [0.15, 0.2) is 48.5 Å². The van der Waals surface area contributed by atoms with E-state index in [1.807, 2.05) is 0 Å². The third kappa shape index (κ3) is 6.38. The third-order valence-electron chi connectivity index (χ3n) is 4.63. The van der Waals surface area contributed by atoms with E-state index in [9.17, 15) is 9.59 Å². The first-order valence-corrected chi connectivity index (χ1v) is 10.4. The summed E-state index contributed by atoms with van der Waals surface area (Å²) in [7, 11) is 6.26. The van der Waals surface area contributed by atoms with Gasteiger partial charge in [0, 0.05) is 25.2 Å². The molecule has 32 heavy (non-hydrogen) atoms. The van der Waals surface area contributed by atoms with Gasteiger partial charge in [-0.05, 0) is 55.5 Å². The number of hydrogen-bond acceptors (Lipinski definition) is 6. The third-order valence-corrected chi connectivity index (χ3v) is 5.52. The molecule has 2 rings (SSSR count). The predicted molar refractivity (Wildman–Crippen MR) is 131 cm³/mol. The lowest BCUT2D eigenvalue weighted by Gasteiger charge is -2.26. The van der Waals surface area contributed by atoms with Crippen molar-refractivity contribution < 1.29 is 19.1 Å². The number of ether oxygens (including phenoxy) is 2. The highest BCUT2D eigenvalue weighted by atomic mass is 32.1. The van der Waals surface area contributed by atoms with Crippen LogP contribution >= 0.6 is 24.4 Å². The molecule has 0 unspecified atom stereocenters. The molecule has 0 fully saturated rings. The lowest BCUT2D eigenvalue weighted by atomic mass is 10.2. The van der Waals surface area contributed by atoms with Crippen LogP contribution < -0.4 is 20.3 Å². The minimum Gasteiger partial charge on any atom is -0.497 e. The molecular formula is C22H26N4O4S2. The maximum Gasteiger partial charge on any atom is 0.271 e. The van der Waals surface area contributed by atoms with Gasteiger partial charge < -0.3 is 9.47 Å². The van der Waals surface area contributed by atoms with E-state index in [0.29, 0.717) is 32.6 Å². The highest BCUT2D eigenvalue weighted by molar-refractivity contribution is 7.82. The predicted octanol–water partition coefficient (Wildman–Crippen LogP) is 2.85. The molecule has 0 aliphatic carbocycles. The van der Waals surface area contributed by atoms with Gasteiger partial charge in [0.2, 0.25) is 0 Å². The Morgan fingerprint density at radius 1 is 0.750 bits per heavy atom. The monoisotopic (exact) mass is 474 g/mol. The summed E-state index contributed by atoms with van der Waals surface area (Å²) >= 11 is 10.8. The standard InChI is InChI=1S/C22H26N4O4S2/c1-14(19(31)23-25(2)21(27)15-6-10-17(29-4)11-7-15)20(32)24-26(3)22(28)16-8-12-18(30-5)13-9-16/h6-14H,1-5H3,(H,23,31)(H,24,32). The summed E-state index contributed by atoms with van der Waals surface area (Å²) in [6.45, 7) is 1.78. The summed E-state index contributed by atoms with van der Waals surface area (Å²) in [6, 6.07) is 13.5. The maximum atomic E-state index is 12.6. The van der Waals surface area contributed by atoms with Crippen molar-refractivity contribution in [2.45, 2.75) is 6.92 Å². The Labute approximate surface area is 198 Å². The smallest absolute Gasteiger partial charge is 0.271 e. The van der Waals surface area contributed by atoms with Crippen molar-refractivity contribution >= 4 is 46.2 Å². The topological polar surface area (TPSA) is 83.1 Å². The van der Waals surface area contributed by atoms with Gasteiger partial charge in [-0.3, -0.25) is 30.5 Å². The van der Waals surface area contributed by atoms with Crippen molar-refractivity contribution in [2.24, 2.45) is 5.92 Å². The van der Waals surface area contributed by atoms with Crippen LogP contribution in [0.25, 0.3) is 0 Å². The number of thiocarbonyl (C=S) groups is 2. The Balaban J connectivity index is 1.93. The SMILES string of the molecule is COc1ccc(C(=O)N(C)NC(=S)C(C)C(=S)NN(C)C(=O)c2ccc(OC)cc2)cc1. The molecule has 0 radical (unpaired) electrons. The van der Waals surface area contributed by atoms with E-state index in [2.05, 4.69) is 10.9 Å². The number of nitrogens with zero attached hydrogens (tertiary/aromatic N) is 2. The van der Waals surface area contributed by atoms with E-state index in [4.69, 9.17) is 33.9 Å². The van der Waals surface area contributed by atoms with E-state index in [0.717, 1.165) is 0 Å². The quantitative estimate of drug-likeness (QED) is 0.489. The number of benzene rings is 2. The average Bonchev–Trinajstić information content (AvgIpc) is 2.82. The zero-order chi connectivity index (χ0) is 23.8. The molecule has 0 aromatic heterocycles. The van der Waals surface area contributed by atoms with Crippen LogP contribution in [-0.2, 0) is 0 Å². The molecule has 0 saturated carbocycles. The molecule has 8 nitrogen and oxygen atoms in total. The fourth-order valence-corrected chi connectivity index (χ4v) is 3.18. The summed E-state index contributed by atoms with van der Waals surface area (Å²) in [5.74, 6) is 0.343. The summed E-state index contributed by atoms with van der Waals surface area (Å²) < 4.78 is 10.2. The van der Waals surface area contributed by atoms with Crippen molar-refractivity contribution in [1.82, 2.24) is 20.9 Å². The molecule has 2 aromatic carbocycles. The van der Waals surface area contributed by atoms with E-state index in [1.165, 1.54) is 10.0 Å². The second kappa shape index (κ2) is 11.4. The number of methoxy groups -OCH3 is 2. The molecule has 170 valence electrons. The molecule has 0 spiro atoms. The zero-order valence-electron chi connectivity index (χ0n) is 18.5. The summed E-state index contributed by atoms with van der Waals surface area (Å²) in [6.07, 6.45) is 0. The average molecular weight is 475 g/mol. The molecule has 0 aliphatic rings. The number of carbonyl (C=O) groups is 2. The van der Waals surface area contributed by atoms with Crippen LogP contribution in [0, 0.1) is 5.92 Å². The minimum absolute atomic E-state index is 0.270. The fraction of sp³-hybridized carbons (Fsp3) is 0.273. The Kier molecular flexibility index (Phi) is 8.91. The second-order valence-electron chi connectivity index (χ2n) is 6.86. The van der Waals surface area contributed by atoms with E-state index < -0.39 is 5.92 Å². The first-order chi connectivity index (χ1) is 15.2. The van der Waals surface area contributed by atoms with Crippen molar-refractivity contribution in [3.63, 3.8) is 0 Å². The minimum atomic E-state index is -0.433. The van der Waals surface area contributed by atoms with Gasteiger partial charge >= 0.3 is 0 Å². The molecule has 10 heteroatoms. The number of nitrogens with one attached hydrogen (secondary N) is 2. The van der Waals surface area contributed by atoms with Gasteiger partial charge in [0.25, 0.3) is 11.8 Å². The number of hydrogen-bond donors (Lipinski definition) is 2. The summed E-state index contributed by atoms with van der Waals surface area (Å²) in [5, 5.41) is 2.57. The van der Waals surface area contributed by atoms with Crippen molar-refractivity contribution in [1.29, 1.82) is 0 Å². The second-order valence-corrected chi connectivity index (χ2v) is 7.74. The summed E-state index contributed by atoms with van der Waals surface area (Å²) in [4.78, 5) is 25.9. The zero-order valence-corrected chi connectivity index (χ0v) is 20.2. The van der Waals surface area contributed by atoms with E-state index in [-0.39, 0.29) is 11.8 Å². The van der Waals surface area contributed by atoms with Crippen LogP contribution in [-0.4, -0.2) is 60.1 Å². The number of carbonyl (C=O) groups excluding carboxylic acids is 2. The van der Waals surface area contributed by atoms with Crippen LogP contribution in [0.4, 0.5) is 0 Å². The molecule has 0 atom stereocenters. The van der Waals surface area contributed by atoms with Gasteiger partial charge in [-0.15, -0.1) is 0 Å². The Morgan fingerprint density at radius 3 is 1.34 bits per heavy atom. The molecule has 2 aromatic rings. The van der Waals surface area contributed by atoms with Gasteiger partial charge in [-0.25, -0.2) is 0 Å². The highest BCUT2D eigenvalue weighted by Crippen LogP contribution is 2.14. The largest absolute Gasteiger partial charge is 0.497 e. The fourth-order valence-electron chi connectivity index (χ4n) is 2.60. The summed E-state index contributed by atoms with van der Waals surface area (Å²) in [5.41, 5.74) is 6.69. The van der Waals surface area contributed by atoms with Gasteiger partial charge in [0.05, 0.1) is 20.1 Å². The van der Waals surface area contributed by atoms with Crippen molar-refractivity contribution in [3.05, 3.63) is 59.7 Å². The molecule has 0 heterocycles. The normalized spacial score (nSPS) is 10.2. The lowest BCUT2D eigenvalue weighted by Crippen LogP contribution is -2.50. The van der Waals surface area contributed by atoms with Crippen molar-refractivity contribution in [3.8, 4) is 11.5 Å². The van der Waals surface area contributed by atoms with Crippen LogP contribution in [0.2, 0.25) is 0 Å². The van der Waals surface area contributed by atoms with E-state index >= 15 is 0 Å². The number of hydrazine groups is 2. The Morgan fingerprint density at radius 2 is 1.06 bits per heavy atom. The maximum absolute atomic E-state index is 12.6. The molecule has 0 bridgehead atoms. The number of rotatable bonds is 6. The Hall–Kier alpha value is -3.24. The molecule has 0 aliphatic heterocycles. The van der Waals surface area contributed by atoms with Crippen molar-refractivity contribution in [2.75, 3.05) is 28.3 Å². The molecule has 2 amide bonds. The van der Waals surface area contributed by atoms with Gasteiger partial charge in [-0.1, -0.05) is 24.4 Å². The van der Waals surface area contributed by atoms with Gasteiger partial charge in [0.15, 0.2) is 0 Å². The first-order valence-electron chi connectivity index (χ1n) is 9.63.